The molecule has 1 rings (SSSR count). The lowest BCUT2D eigenvalue weighted by Gasteiger charge is -2.15. The average molecular weight is 281 g/mol. The zero-order valence-corrected chi connectivity index (χ0v) is 12.5. The van der Waals surface area contributed by atoms with Crippen LogP contribution in [0.4, 0.5) is 11.4 Å². The minimum absolute atomic E-state index is 0.00198. The highest BCUT2D eigenvalue weighted by Gasteiger charge is 2.21. The fourth-order valence-electron chi connectivity index (χ4n) is 1.91. The number of para-hydroxylation sites is 1. The van der Waals surface area contributed by atoms with Crippen LogP contribution in [-0.2, 0) is 0 Å². The first kappa shape index (κ1) is 16.2. The van der Waals surface area contributed by atoms with Crippen molar-refractivity contribution in [1.82, 2.24) is 5.32 Å². The van der Waals surface area contributed by atoms with Crippen molar-refractivity contribution in [1.29, 1.82) is 0 Å². The first-order chi connectivity index (χ1) is 9.45. The van der Waals surface area contributed by atoms with Crippen molar-refractivity contribution >= 4 is 11.4 Å². The van der Waals surface area contributed by atoms with Gasteiger partial charge >= 0.3 is 5.69 Å². The van der Waals surface area contributed by atoms with Gasteiger partial charge in [-0.05, 0) is 45.5 Å². The van der Waals surface area contributed by atoms with Crippen molar-refractivity contribution < 1.29 is 9.66 Å². The van der Waals surface area contributed by atoms with Gasteiger partial charge in [0.15, 0.2) is 5.75 Å². The lowest BCUT2D eigenvalue weighted by atomic mass is 10.1. The van der Waals surface area contributed by atoms with Crippen LogP contribution in [0.5, 0.6) is 5.75 Å². The number of nitrogens with zero attached hydrogens (tertiary/aromatic N) is 1. The molecule has 1 aromatic rings. The van der Waals surface area contributed by atoms with Gasteiger partial charge in [0.1, 0.15) is 5.69 Å². The van der Waals surface area contributed by atoms with Gasteiger partial charge in [-0.25, -0.2) is 0 Å². The minimum Gasteiger partial charge on any atom is -0.484 e. The molecular weight excluding hydrogens is 258 g/mol. The highest BCUT2D eigenvalue weighted by Crippen LogP contribution is 2.35. The molecule has 6 heteroatoms. The van der Waals surface area contributed by atoms with E-state index < -0.39 is 4.92 Å². The quantitative estimate of drug-likeness (QED) is 0.566. The summed E-state index contributed by atoms with van der Waals surface area (Å²) in [6.45, 7) is 7.28. The maximum absolute atomic E-state index is 11.3. The van der Waals surface area contributed by atoms with Crippen LogP contribution in [-0.4, -0.2) is 31.2 Å². The van der Waals surface area contributed by atoms with Gasteiger partial charge < -0.3 is 15.4 Å². The number of hydrogen-bond donors (Lipinski definition) is 2. The molecule has 0 aliphatic heterocycles. The molecule has 0 spiro atoms. The number of anilines is 1. The molecule has 20 heavy (non-hydrogen) atoms. The van der Waals surface area contributed by atoms with E-state index in [0.29, 0.717) is 23.9 Å². The van der Waals surface area contributed by atoms with Crippen LogP contribution >= 0.6 is 0 Å². The van der Waals surface area contributed by atoms with E-state index in [1.807, 2.05) is 20.9 Å². The standard InChI is InChI=1S/C14H23N3O3/c1-10(2)20-13-7-5-6-12(14(13)17(18)19)16-9-11(3)8-15-4/h5-7,10-11,15-16H,8-9H2,1-4H3. The van der Waals surface area contributed by atoms with Crippen LogP contribution in [0.25, 0.3) is 0 Å². The Morgan fingerprint density at radius 1 is 1.30 bits per heavy atom. The summed E-state index contributed by atoms with van der Waals surface area (Å²) >= 11 is 0. The first-order valence-corrected chi connectivity index (χ1v) is 6.78. The average Bonchev–Trinajstić information content (AvgIpc) is 2.35. The Morgan fingerprint density at radius 3 is 2.55 bits per heavy atom. The van der Waals surface area contributed by atoms with Crippen molar-refractivity contribution in [3.63, 3.8) is 0 Å². The molecule has 112 valence electrons. The van der Waals surface area contributed by atoms with Gasteiger partial charge in [0.25, 0.3) is 0 Å². The normalized spacial score (nSPS) is 12.2. The number of benzene rings is 1. The number of nitro benzene ring substituents is 1. The van der Waals surface area contributed by atoms with Gasteiger partial charge in [-0.3, -0.25) is 10.1 Å². The van der Waals surface area contributed by atoms with Gasteiger partial charge in [0.05, 0.1) is 11.0 Å². The third-order valence-corrected chi connectivity index (χ3v) is 2.74. The molecule has 0 aromatic heterocycles. The Balaban J connectivity index is 2.92. The number of nitro groups is 1. The monoisotopic (exact) mass is 281 g/mol. The Kier molecular flexibility index (Phi) is 6.24. The molecular formula is C14H23N3O3. The molecule has 0 fully saturated rings. The van der Waals surface area contributed by atoms with E-state index in [0.717, 1.165) is 6.54 Å². The molecule has 0 saturated heterocycles. The molecule has 0 amide bonds. The smallest absolute Gasteiger partial charge is 0.333 e. The second-order valence-corrected chi connectivity index (χ2v) is 5.12. The maximum Gasteiger partial charge on any atom is 0.333 e. The SMILES string of the molecule is CNCC(C)CNc1cccc(OC(C)C)c1[N+](=O)[O-]. The second kappa shape index (κ2) is 7.69. The summed E-state index contributed by atoms with van der Waals surface area (Å²) in [5.74, 6) is 0.672. The molecule has 0 heterocycles. The van der Waals surface area contributed by atoms with Crippen molar-refractivity contribution in [2.24, 2.45) is 5.92 Å². The lowest BCUT2D eigenvalue weighted by molar-refractivity contribution is -0.385. The molecule has 1 atom stereocenters. The Hall–Kier alpha value is -1.82. The third kappa shape index (κ3) is 4.70. The van der Waals surface area contributed by atoms with Gasteiger partial charge in [0.2, 0.25) is 0 Å². The van der Waals surface area contributed by atoms with Crippen LogP contribution < -0.4 is 15.4 Å². The number of rotatable bonds is 8. The van der Waals surface area contributed by atoms with Crippen LogP contribution in [0.3, 0.4) is 0 Å². The molecule has 0 saturated carbocycles. The molecule has 1 unspecified atom stereocenters. The topological polar surface area (TPSA) is 76.4 Å². The van der Waals surface area contributed by atoms with E-state index in [1.54, 1.807) is 18.2 Å². The van der Waals surface area contributed by atoms with Crippen molar-refractivity contribution in [3.8, 4) is 5.75 Å². The molecule has 0 radical (unpaired) electrons. The van der Waals surface area contributed by atoms with Crippen molar-refractivity contribution in [2.45, 2.75) is 26.9 Å². The van der Waals surface area contributed by atoms with Crippen LogP contribution in [0.2, 0.25) is 0 Å². The largest absolute Gasteiger partial charge is 0.484 e. The molecule has 6 nitrogen and oxygen atoms in total. The number of nitrogens with one attached hydrogen (secondary N) is 2. The summed E-state index contributed by atoms with van der Waals surface area (Å²) in [5, 5.41) is 17.5. The summed E-state index contributed by atoms with van der Waals surface area (Å²) in [7, 11) is 1.88. The predicted molar refractivity (Wildman–Crippen MR) is 80.4 cm³/mol. The third-order valence-electron chi connectivity index (χ3n) is 2.74. The first-order valence-electron chi connectivity index (χ1n) is 6.78. The number of ether oxygens (including phenoxy) is 1. The molecule has 1 aromatic carbocycles. The lowest BCUT2D eigenvalue weighted by Crippen LogP contribution is -2.23. The van der Waals surface area contributed by atoms with Gasteiger partial charge in [-0.2, -0.15) is 0 Å². The molecule has 0 aliphatic rings. The van der Waals surface area contributed by atoms with Crippen LogP contribution in [0.1, 0.15) is 20.8 Å². The van der Waals surface area contributed by atoms with Crippen LogP contribution in [0.15, 0.2) is 18.2 Å². The summed E-state index contributed by atoms with van der Waals surface area (Å²) in [4.78, 5) is 10.9. The fraction of sp³-hybridized carbons (Fsp3) is 0.571. The fourth-order valence-corrected chi connectivity index (χ4v) is 1.91. The van der Waals surface area contributed by atoms with Gasteiger partial charge in [-0.1, -0.05) is 13.0 Å². The van der Waals surface area contributed by atoms with E-state index in [-0.39, 0.29) is 11.8 Å². The zero-order chi connectivity index (χ0) is 15.1. The zero-order valence-electron chi connectivity index (χ0n) is 12.5. The summed E-state index contributed by atoms with van der Waals surface area (Å²) < 4.78 is 5.51. The van der Waals surface area contributed by atoms with Gasteiger partial charge in [-0.15, -0.1) is 0 Å². The highest BCUT2D eigenvalue weighted by molar-refractivity contribution is 5.68. The van der Waals surface area contributed by atoms with Crippen molar-refractivity contribution in [2.75, 3.05) is 25.5 Å². The Morgan fingerprint density at radius 2 is 2.00 bits per heavy atom. The predicted octanol–water partition coefficient (Wildman–Crippen LogP) is 2.65. The van der Waals surface area contributed by atoms with E-state index in [2.05, 4.69) is 17.6 Å². The summed E-state index contributed by atoms with van der Waals surface area (Å²) in [5.41, 5.74) is 0.494. The summed E-state index contributed by atoms with van der Waals surface area (Å²) in [6, 6.07) is 5.09. The molecule has 2 N–H and O–H groups in total. The number of hydrogen-bond acceptors (Lipinski definition) is 5. The minimum atomic E-state index is -0.400. The van der Waals surface area contributed by atoms with Crippen molar-refractivity contribution in [3.05, 3.63) is 28.3 Å². The van der Waals surface area contributed by atoms with Gasteiger partial charge in [0, 0.05) is 6.54 Å². The Labute approximate surface area is 119 Å². The van der Waals surface area contributed by atoms with Crippen LogP contribution in [0, 0.1) is 16.0 Å². The Bertz CT molecular complexity index is 449. The molecule has 0 bridgehead atoms. The van der Waals surface area contributed by atoms with E-state index in [4.69, 9.17) is 4.74 Å². The second-order valence-electron chi connectivity index (χ2n) is 5.12. The summed E-state index contributed by atoms with van der Waals surface area (Å²) in [6.07, 6.45) is -0.104. The van der Waals surface area contributed by atoms with E-state index >= 15 is 0 Å². The molecule has 0 aliphatic carbocycles. The maximum atomic E-state index is 11.3. The van der Waals surface area contributed by atoms with E-state index in [1.165, 1.54) is 0 Å². The highest BCUT2D eigenvalue weighted by atomic mass is 16.6. The van der Waals surface area contributed by atoms with E-state index in [9.17, 15) is 10.1 Å².